The van der Waals surface area contributed by atoms with Crippen molar-refractivity contribution in [2.45, 2.75) is 6.54 Å². The highest BCUT2D eigenvalue weighted by Gasteiger charge is 2.41. The average molecular weight is 222 g/mol. The average Bonchev–Trinajstić information content (AvgIpc) is 2.88. The number of carbonyl (C=O) groups excluding carboxylic acids is 1. The van der Waals surface area contributed by atoms with E-state index in [0.717, 1.165) is 26.2 Å². The van der Waals surface area contributed by atoms with Crippen molar-refractivity contribution in [2.24, 2.45) is 11.8 Å². The Kier molecular flexibility index (Phi) is 2.25. The van der Waals surface area contributed by atoms with Crippen LogP contribution in [0.25, 0.3) is 0 Å². The summed E-state index contributed by atoms with van der Waals surface area (Å²) in [5, 5.41) is 5.05. The summed E-state index contributed by atoms with van der Waals surface area (Å²) in [6.45, 7) is 3.90. The first-order valence-corrected chi connectivity index (χ1v) is 6.23. The Labute approximate surface area is 93.1 Å². The molecule has 2 atom stereocenters. The third kappa shape index (κ3) is 1.68. The summed E-state index contributed by atoms with van der Waals surface area (Å²) in [6.07, 6.45) is 0. The lowest BCUT2D eigenvalue weighted by atomic mass is 10.0. The van der Waals surface area contributed by atoms with Gasteiger partial charge in [0.2, 0.25) is 5.91 Å². The molecule has 4 heteroatoms. The van der Waals surface area contributed by atoms with Crippen molar-refractivity contribution in [1.82, 2.24) is 10.2 Å². The Morgan fingerprint density at radius 1 is 1.53 bits per heavy atom. The van der Waals surface area contributed by atoms with Crippen molar-refractivity contribution < 1.29 is 4.79 Å². The van der Waals surface area contributed by atoms with Crippen molar-refractivity contribution in [3.8, 4) is 0 Å². The summed E-state index contributed by atoms with van der Waals surface area (Å²) in [5.74, 6) is 1.07. The van der Waals surface area contributed by atoms with E-state index in [2.05, 4.69) is 27.7 Å². The molecular weight excluding hydrogens is 208 g/mol. The van der Waals surface area contributed by atoms with E-state index in [1.54, 1.807) is 11.3 Å². The van der Waals surface area contributed by atoms with Gasteiger partial charge in [-0.25, -0.2) is 0 Å². The highest BCUT2D eigenvalue weighted by Crippen LogP contribution is 2.28. The van der Waals surface area contributed by atoms with Crippen LogP contribution in [-0.2, 0) is 11.3 Å². The molecule has 0 radical (unpaired) electrons. The van der Waals surface area contributed by atoms with Gasteiger partial charge in [0.25, 0.3) is 0 Å². The van der Waals surface area contributed by atoms with Crippen LogP contribution in [0, 0.1) is 11.8 Å². The van der Waals surface area contributed by atoms with Crippen LogP contribution in [0.5, 0.6) is 0 Å². The van der Waals surface area contributed by atoms with Crippen molar-refractivity contribution in [3.63, 3.8) is 0 Å². The second-order valence-electron chi connectivity index (χ2n) is 4.39. The molecule has 0 bridgehead atoms. The fraction of sp³-hybridized carbons (Fsp3) is 0.545. The Bertz CT molecular complexity index is 363. The molecule has 0 unspecified atom stereocenters. The molecular formula is C11H14N2OS. The van der Waals surface area contributed by atoms with Gasteiger partial charge in [-0.1, -0.05) is 6.07 Å². The molecule has 0 saturated carbocycles. The zero-order valence-corrected chi connectivity index (χ0v) is 9.30. The van der Waals surface area contributed by atoms with Gasteiger partial charge in [0, 0.05) is 37.0 Å². The minimum Gasteiger partial charge on any atom is -0.355 e. The Morgan fingerprint density at radius 2 is 2.47 bits per heavy atom. The topological polar surface area (TPSA) is 32.3 Å². The summed E-state index contributed by atoms with van der Waals surface area (Å²) in [5.41, 5.74) is 0. The SMILES string of the molecule is O=C1NC[C@@H]2CN(Cc3cccs3)C[C@H]12. The maximum Gasteiger partial charge on any atom is 0.224 e. The van der Waals surface area contributed by atoms with Crippen LogP contribution in [0.15, 0.2) is 17.5 Å². The van der Waals surface area contributed by atoms with Crippen LogP contribution in [0.3, 0.4) is 0 Å². The Hall–Kier alpha value is -0.870. The Balaban J connectivity index is 1.65. The van der Waals surface area contributed by atoms with Crippen molar-refractivity contribution in [3.05, 3.63) is 22.4 Å². The minimum absolute atomic E-state index is 0.255. The summed E-state index contributed by atoms with van der Waals surface area (Å²) in [4.78, 5) is 15.3. The molecule has 1 amide bonds. The van der Waals surface area contributed by atoms with Crippen molar-refractivity contribution in [2.75, 3.05) is 19.6 Å². The molecule has 2 fully saturated rings. The first-order valence-electron chi connectivity index (χ1n) is 5.35. The van der Waals surface area contributed by atoms with Gasteiger partial charge in [0.15, 0.2) is 0 Å². The molecule has 2 saturated heterocycles. The molecule has 1 aromatic heterocycles. The van der Waals surface area contributed by atoms with E-state index < -0.39 is 0 Å². The van der Waals surface area contributed by atoms with Gasteiger partial charge in [0.05, 0.1) is 5.92 Å². The van der Waals surface area contributed by atoms with E-state index in [-0.39, 0.29) is 11.8 Å². The van der Waals surface area contributed by atoms with Gasteiger partial charge in [-0.15, -0.1) is 11.3 Å². The number of hydrogen-bond acceptors (Lipinski definition) is 3. The number of rotatable bonds is 2. The molecule has 0 spiro atoms. The van der Waals surface area contributed by atoms with Crippen LogP contribution < -0.4 is 5.32 Å². The molecule has 2 aliphatic heterocycles. The summed E-state index contributed by atoms with van der Waals surface area (Å²) < 4.78 is 0. The number of hydrogen-bond donors (Lipinski definition) is 1. The van der Waals surface area contributed by atoms with Gasteiger partial charge >= 0.3 is 0 Å². The zero-order valence-electron chi connectivity index (χ0n) is 8.48. The van der Waals surface area contributed by atoms with Crippen LogP contribution >= 0.6 is 11.3 Å². The fourth-order valence-corrected chi connectivity index (χ4v) is 3.33. The van der Waals surface area contributed by atoms with E-state index in [1.165, 1.54) is 4.88 Å². The number of amides is 1. The Morgan fingerprint density at radius 3 is 3.20 bits per heavy atom. The van der Waals surface area contributed by atoms with Crippen LogP contribution in [-0.4, -0.2) is 30.4 Å². The van der Waals surface area contributed by atoms with Crippen LogP contribution in [0.2, 0.25) is 0 Å². The van der Waals surface area contributed by atoms with Gasteiger partial charge in [-0.05, 0) is 11.4 Å². The molecule has 80 valence electrons. The van der Waals surface area contributed by atoms with Gasteiger partial charge in [0.1, 0.15) is 0 Å². The summed E-state index contributed by atoms with van der Waals surface area (Å²) in [6, 6.07) is 4.25. The van der Waals surface area contributed by atoms with Crippen LogP contribution in [0.1, 0.15) is 4.88 Å². The number of carbonyl (C=O) groups is 1. The first-order chi connectivity index (χ1) is 7.33. The van der Waals surface area contributed by atoms with Crippen molar-refractivity contribution >= 4 is 17.2 Å². The number of nitrogens with zero attached hydrogens (tertiary/aromatic N) is 1. The lowest BCUT2D eigenvalue weighted by Gasteiger charge is -2.15. The van der Waals surface area contributed by atoms with E-state index in [1.807, 2.05) is 0 Å². The van der Waals surface area contributed by atoms with E-state index in [0.29, 0.717) is 5.92 Å². The molecule has 3 nitrogen and oxygen atoms in total. The second-order valence-corrected chi connectivity index (χ2v) is 5.42. The monoisotopic (exact) mass is 222 g/mol. The third-order valence-electron chi connectivity index (χ3n) is 3.35. The first kappa shape index (κ1) is 9.36. The van der Waals surface area contributed by atoms with E-state index >= 15 is 0 Å². The molecule has 0 aliphatic carbocycles. The number of thiophene rings is 1. The van der Waals surface area contributed by atoms with Crippen LogP contribution in [0.4, 0.5) is 0 Å². The molecule has 0 aromatic carbocycles. The predicted octanol–water partition coefficient (Wildman–Crippen LogP) is 0.926. The molecule has 15 heavy (non-hydrogen) atoms. The largest absolute Gasteiger partial charge is 0.355 e. The van der Waals surface area contributed by atoms with E-state index in [4.69, 9.17) is 0 Å². The van der Waals surface area contributed by atoms with Gasteiger partial charge in [-0.3, -0.25) is 9.69 Å². The molecule has 3 heterocycles. The molecule has 1 N–H and O–H groups in total. The number of fused-ring (bicyclic) bond motifs is 1. The zero-order chi connectivity index (χ0) is 10.3. The normalized spacial score (nSPS) is 30.5. The molecule has 2 aliphatic rings. The highest BCUT2D eigenvalue weighted by molar-refractivity contribution is 7.09. The quantitative estimate of drug-likeness (QED) is 0.807. The lowest BCUT2D eigenvalue weighted by molar-refractivity contribution is -0.122. The third-order valence-corrected chi connectivity index (χ3v) is 4.21. The van der Waals surface area contributed by atoms with Gasteiger partial charge < -0.3 is 5.32 Å². The predicted molar refractivity (Wildman–Crippen MR) is 59.6 cm³/mol. The second kappa shape index (κ2) is 3.61. The summed E-state index contributed by atoms with van der Waals surface area (Å²) >= 11 is 1.80. The highest BCUT2D eigenvalue weighted by atomic mass is 32.1. The smallest absolute Gasteiger partial charge is 0.224 e. The van der Waals surface area contributed by atoms with E-state index in [9.17, 15) is 4.79 Å². The standard InChI is InChI=1S/C11H14N2OS/c14-11-10-7-13(5-8(10)4-12-11)6-9-2-1-3-15-9/h1-3,8,10H,4-7H2,(H,12,14)/t8-,10+/m1/s1. The minimum atomic E-state index is 0.255. The molecule has 1 aromatic rings. The maximum absolute atomic E-state index is 11.5. The number of likely N-dealkylation sites (tertiary alicyclic amines) is 1. The van der Waals surface area contributed by atoms with Crippen molar-refractivity contribution in [1.29, 1.82) is 0 Å². The maximum atomic E-state index is 11.5. The fourth-order valence-electron chi connectivity index (χ4n) is 2.58. The lowest BCUT2D eigenvalue weighted by Crippen LogP contribution is -2.28. The number of nitrogens with one attached hydrogen (secondary N) is 1. The molecule has 3 rings (SSSR count). The van der Waals surface area contributed by atoms with Gasteiger partial charge in [-0.2, -0.15) is 0 Å². The summed E-state index contributed by atoms with van der Waals surface area (Å²) in [7, 11) is 0.